The SMILES string of the molecule is N#C/C(=C/c1cccc(Cl)c1)c1cccc(F)c1. The van der Waals surface area contributed by atoms with E-state index in [2.05, 4.69) is 6.07 Å². The van der Waals surface area contributed by atoms with Crippen molar-refractivity contribution in [2.75, 3.05) is 0 Å². The second-order valence-electron chi connectivity index (χ2n) is 3.74. The lowest BCUT2D eigenvalue weighted by atomic mass is 10.0. The van der Waals surface area contributed by atoms with Crippen molar-refractivity contribution in [3.63, 3.8) is 0 Å². The molecule has 2 aromatic carbocycles. The van der Waals surface area contributed by atoms with Gasteiger partial charge in [0.1, 0.15) is 5.82 Å². The molecule has 0 bridgehead atoms. The molecule has 0 spiro atoms. The zero-order valence-corrected chi connectivity index (χ0v) is 10.2. The first-order chi connectivity index (χ1) is 8.69. The molecule has 0 saturated heterocycles. The summed E-state index contributed by atoms with van der Waals surface area (Å²) in [4.78, 5) is 0. The fourth-order valence-electron chi connectivity index (χ4n) is 1.60. The third-order valence-corrected chi connectivity index (χ3v) is 2.65. The summed E-state index contributed by atoms with van der Waals surface area (Å²) < 4.78 is 13.1. The Bertz CT molecular complexity index is 641. The summed E-state index contributed by atoms with van der Waals surface area (Å²) in [5.74, 6) is -0.361. The highest BCUT2D eigenvalue weighted by Gasteiger charge is 2.02. The van der Waals surface area contributed by atoms with Crippen LogP contribution < -0.4 is 0 Å². The summed E-state index contributed by atoms with van der Waals surface area (Å²) in [7, 11) is 0. The van der Waals surface area contributed by atoms with Gasteiger partial charge in [0.15, 0.2) is 0 Å². The molecule has 0 aliphatic carbocycles. The maximum absolute atomic E-state index is 13.1. The smallest absolute Gasteiger partial charge is 0.123 e. The first-order valence-electron chi connectivity index (χ1n) is 5.32. The molecular weight excluding hydrogens is 249 g/mol. The van der Waals surface area contributed by atoms with Crippen LogP contribution in [0.2, 0.25) is 5.02 Å². The van der Waals surface area contributed by atoms with Gasteiger partial charge in [0, 0.05) is 5.02 Å². The fourth-order valence-corrected chi connectivity index (χ4v) is 1.80. The molecule has 0 unspecified atom stereocenters. The molecule has 0 heterocycles. The van der Waals surface area contributed by atoms with Crippen LogP contribution in [0.15, 0.2) is 48.5 Å². The van der Waals surface area contributed by atoms with E-state index in [1.165, 1.54) is 12.1 Å². The van der Waals surface area contributed by atoms with Gasteiger partial charge in [-0.3, -0.25) is 0 Å². The highest BCUT2D eigenvalue weighted by Crippen LogP contribution is 2.20. The molecule has 0 saturated carbocycles. The predicted octanol–water partition coefficient (Wildman–Crippen LogP) is 4.54. The van der Waals surface area contributed by atoms with Crippen LogP contribution in [-0.2, 0) is 0 Å². The average molecular weight is 258 g/mol. The van der Waals surface area contributed by atoms with Crippen LogP contribution in [-0.4, -0.2) is 0 Å². The van der Waals surface area contributed by atoms with Gasteiger partial charge < -0.3 is 0 Å². The summed E-state index contributed by atoms with van der Waals surface area (Å²) in [6.45, 7) is 0. The molecular formula is C15H9ClFN. The van der Waals surface area contributed by atoms with Gasteiger partial charge in [-0.15, -0.1) is 0 Å². The van der Waals surface area contributed by atoms with Gasteiger partial charge in [-0.2, -0.15) is 5.26 Å². The molecule has 1 nitrogen and oxygen atoms in total. The van der Waals surface area contributed by atoms with E-state index in [1.807, 2.05) is 6.07 Å². The summed E-state index contributed by atoms with van der Waals surface area (Å²) in [6.07, 6.45) is 1.68. The average Bonchev–Trinajstić information content (AvgIpc) is 2.36. The van der Waals surface area contributed by atoms with E-state index in [0.29, 0.717) is 16.2 Å². The van der Waals surface area contributed by atoms with Gasteiger partial charge in [0.05, 0.1) is 11.6 Å². The summed E-state index contributed by atoms with van der Waals surface area (Å²) in [6, 6.07) is 15.2. The summed E-state index contributed by atoms with van der Waals surface area (Å²) >= 11 is 5.87. The molecule has 0 atom stereocenters. The van der Waals surface area contributed by atoms with Gasteiger partial charge in [-0.25, -0.2) is 4.39 Å². The molecule has 0 aromatic heterocycles. The Morgan fingerprint density at radius 1 is 1.17 bits per heavy atom. The number of allylic oxidation sites excluding steroid dienone is 1. The Kier molecular flexibility index (Phi) is 3.76. The van der Waals surface area contributed by atoms with Crippen molar-refractivity contribution in [3.05, 3.63) is 70.5 Å². The van der Waals surface area contributed by atoms with Gasteiger partial charge in [-0.05, 0) is 41.5 Å². The number of hydrogen-bond acceptors (Lipinski definition) is 1. The van der Waals surface area contributed by atoms with Crippen molar-refractivity contribution >= 4 is 23.3 Å². The predicted molar refractivity (Wildman–Crippen MR) is 71.3 cm³/mol. The quantitative estimate of drug-likeness (QED) is 0.572. The molecule has 2 aromatic rings. The van der Waals surface area contributed by atoms with Crippen molar-refractivity contribution < 1.29 is 4.39 Å². The van der Waals surface area contributed by atoms with E-state index < -0.39 is 0 Å². The molecule has 0 radical (unpaired) electrons. The van der Waals surface area contributed by atoms with Crippen molar-refractivity contribution in [1.82, 2.24) is 0 Å². The first kappa shape index (κ1) is 12.3. The monoisotopic (exact) mass is 257 g/mol. The van der Waals surface area contributed by atoms with E-state index >= 15 is 0 Å². The lowest BCUT2D eigenvalue weighted by Gasteiger charge is -2.00. The van der Waals surface area contributed by atoms with Crippen molar-refractivity contribution in [2.45, 2.75) is 0 Å². The Morgan fingerprint density at radius 2 is 1.94 bits per heavy atom. The standard InChI is InChI=1S/C15H9ClFN/c16-14-5-1-3-11(8-14)7-13(10-18)12-4-2-6-15(17)9-12/h1-9H/b13-7-. The van der Waals surface area contributed by atoms with Gasteiger partial charge in [0.25, 0.3) is 0 Å². The minimum absolute atomic E-state index is 0.361. The normalized spacial score (nSPS) is 11.1. The number of nitriles is 1. The Balaban J connectivity index is 2.44. The molecule has 3 heteroatoms. The first-order valence-corrected chi connectivity index (χ1v) is 5.70. The van der Waals surface area contributed by atoms with E-state index in [-0.39, 0.29) is 5.82 Å². The van der Waals surface area contributed by atoms with Crippen molar-refractivity contribution in [1.29, 1.82) is 5.26 Å². The van der Waals surface area contributed by atoms with E-state index in [9.17, 15) is 4.39 Å². The number of halogens is 2. The molecule has 2 rings (SSSR count). The molecule has 88 valence electrons. The van der Waals surface area contributed by atoms with Gasteiger partial charge in [0.2, 0.25) is 0 Å². The van der Waals surface area contributed by atoms with E-state index in [4.69, 9.17) is 16.9 Å². The van der Waals surface area contributed by atoms with Crippen molar-refractivity contribution in [3.8, 4) is 6.07 Å². The highest BCUT2D eigenvalue weighted by molar-refractivity contribution is 6.30. The Labute approximate surface area is 110 Å². The van der Waals surface area contributed by atoms with E-state index in [0.717, 1.165) is 5.56 Å². The second kappa shape index (κ2) is 5.48. The molecule has 0 amide bonds. The van der Waals surface area contributed by atoms with Crippen LogP contribution in [0.1, 0.15) is 11.1 Å². The minimum atomic E-state index is -0.361. The zero-order chi connectivity index (χ0) is 13.0. The lowest BCUT2D eigenvalue weighted by molar-refractivity contribution is 0.627. The lowest BCUT2D eigenvalue weighted by Crippen LogP contribution is -1.84. The van der Waals surface area contributed by atoms with Crippen LogP contribution in [0, 0.1) is 17.1 Å². The van der Waals surface area contributed by atoms with Crippen LogP contribution in [0.3, 0.4) is 0 Å². The topological polar surface area (TPSA) is 23.8 Å². The van der Waals surface area contributed by atoms with Crippen molar-refractivity contribution in [2.24, 2.45) is 0 Å². The minimum Gasteiger partial charge on any atom is -0.207 e. The van der Waals surface area contributed by atoms with Crippen LogP contribution in [0.5, 0.6) is 0 Å². The Morgan fingerprint density at radius 3 is 2.61 bits per heavy atom. The molecule has 0 aliphatic rings. The molecule has 0 N–H and O–H groups in total. The zero-order valence-electron chi connectivity index (χ0n) is 9.40. The third kappa shape index (κ3) is 2.97. The highest BCUT2D eigenvalue weighted by atomic mass is 35.5. The van der Waals surface area contributed by atoms with Crippen LogP contribution >= 0.6 is 11.6 Å². The summed E-state index contributed by atoms with van der Waals surface area (Å²) in [5, 5.41) is 9.72. The van der Waals surface area contributed by atoms with Crippen LogP contribution in [0.25, 0.3) is 11.6 Å². The largest absolute Gasteiger partial charge is 0.207 e. The maximum atomic E-state index is 13.1. The van der Waals surface area contributed by atoms with Crippen LogP contribution in [0.4, 0.5) is 4.39 Å². The van der Waals surface area contributed by atoms with Gasteiger partial charge in [-0.1, -0.05) is 35.9 Å². The van der Waals surface area contributed by atoms with E-state index in [1.54, 1.807) is 36.4 Å². The number of nitrogens with zero attached hydrogens (tertiary/aromatic N) is 1. The molecule has 0 aliphatic heterocycles. The van der Waals surface area contributed by atoms with Gasteiger partial charge >= 0.3 is 0 Å². The number of rotatable bonds is 2. The molecule has 0 fully saturated rings. The Hall–Kier alpha value is -2.11. The molecule has 18 heavy (non-hydrogen) atoms. The number of benzene rings is 2. The third-order valence-electron chi connectivity index (χ3n) is 2.42. The second-order valence-corrected chi connectivity index (χ2v) is 4.17. The fraction of sp³-hybridized carbons (Fsp3) is 0. The summed E-state index contributed by atoms with van der Waals surface area (Å²) in [5.41, 5.74) is 1.76. The maximum Gasteiger partial charge on any atom is 0.123 e. The number of hydrogen-bond donors (Lipinski definition) is 0.